The number of alkyl halides is 3. The van der Waals surface area contributed by atoms with Crippen molar-refractivity contribution in [2.45, 2.75) is 18.0 Å². The second kappa shape index (κ2) is 10.6. The van der Waals surface area contributed by atoms with Crippen LogP contribution < -0.4 is 10.2 Å². The van der Waals surface area contributed by atoms with Gasteiger partial charge in [-0.05, 0) is 64.7 Å². The van der Waals surface area contributed by atoms with Crippen molar-refractivity contribution in [3.63, 3.8) is 0 Å². The van der Waals surface area contributed by atoms with Crippen LogP contribution in [0, 0.1) is 11.8 Å². The van der Waals surface area contributed by atoms with Crippen LogP contribution in [0.5, 0.6) is 0 Å². The second-order valence-corrected chi connectivity index (χ2v) is 11.5. The molecular weight excluding hydrogens is 609 g/mol. The zero-order chi connectivity index (χ0) is 31.6. The van der Waals surface area contributed by atoms with Gasteiger partial charge in [0.1, 0.15) is 0 Å². The van der Waals surface area contributed by atoms with Gasteiger partial charge in [-0.1, -0.05) is 60.1 Å². The number of hydrogen-bond acceptors (Lipinski definition) is 5. The van der Waals surface area contributed by atoms with Crippen LogP contribution in [0.1, 0.15) is 50.0 Å². The number of esters is 1. The van der Waals surface area contributed by atoms with Crippen molar-refractivity contribution in [1.82, 2.24) is 0 Å². The van der Waals surface area contributed by atoms with E-state index in [1.807, 2.05) is 48.5 Å². The molecule has 2 bridgehead atoms. The van der Waals surface area contributed by atoms with Gasteiger partial charge < -0.3 is 10.1 Å². The fourth-order valence-electron chi connectivity index (χ4n) is 6.88. The summed E-state index contributed by atoms with van der Waals surface area (Å²) in [4.78, 5) is 53.9. The van der Waals surface area contributed by atoms with E-state index >= 15 is 0 Å². The summed E-state index contributed by atoms with van der Waals surface area (Å²) in [7, 11) is 0. The number of benzene rings is 4. The highest BCUT2D eigenvalue weighted by Gasteiger charge is 2.61. The third-order valence-electron chi connectivity index (χ3n) is 8.71. The number of nitrogens with one attached hydrogen (secondary N) is 1. The largest absolute Gasteiger partial charge is 0.452 e. The predicted molar refractivity (Wildman–Crippen MR) is 158 cm³/mol. The molecule has 226 valence electrons. The van der Waals surface area contributed by atoms with E-state index in [1.54, 1.807) is 0 Å². The topological polar surface area (TPSA) is 92.8 Å². The van der Waals surface area contributed by atoms with E-state index in [-0.39, 0.29) is 39.9 Å². The molecule has 4 aromatic carbocycles. The number of ether oxygens (including phenoxy) is 1. The summed E-state index contributed by atoms with van der Waals surface area (Å²) in [6.07, 6.45) is -4.64. The Morgan fingerprint density at radius 1 is 0.778 bits per heavy atom. The molecule has 7 nitrogen and oxygen atoms in total. The third-order valence-corrected chi connectivity index (χ3v) is 9.04. The quantitative estimate of drug-likeness (QED) is 0.199. The summed E-state index contributed by atoms with van der Waals surface area (Å²) in [6.45, 7) is -0.788. The maximum atomic E-state index is 13.9. The molecule has 3 aliphatic carbocycles. The predicted octanol–water partition coefficient (Wildman–Crippen LogP) is 6.55. The van der Waals surface area contributed by atoms with Crippen molar-refractivity contribution >= 4 is 46.7 Å². The van der Waals surface area contributed by atoms with E-state index in [9.17, 15) is 32.3 Å². The Morgan fingerprint density at radius 2 is 1.29 bits per heavy atom. The van der Waals surface area contributed by atoms with Crippen molar-refractivity contribution in [1.29, 1.82) is 0 Å². The summed E-state index contributed by atoms with van der Waals surface area (Å²) < 4.78 is 44.1. The Hall–Kier alpha value is -4.96. The fraction of sp³-hybridized carbons (Fsp3) is 0.176. The number of imide groups is 1. The van der Waals surface area contributed by atoms with Gasteiger partial charge in [-0.25, -0.2) is 9.69 Å². The standard InChI is InChI=1S/C34H22ClF3N2O5/c35-24-14-11-18(34(36,37)38)15-25(24)39-26(41)16-45-33(44)17-9-12-19(13-10-17)40-31(42)29-27-20-5-1-2-6-21(20)28(30(29)32(40)43)23-8-4-3-7-22(23)27/h1-15,27-30H,16H2,(H,39,41)/t27?,28?,29-,30-/m0/s1. The highest BCUT2D eigenvalue weighted by molar-refractivity contribution is 6.33. The maximum Gasteiger partial charge on any atom is 0.416 e. The van der Waals surface area contributed by atoms with Gasteiger partial charge in [0.05, 0.1) is 39.4 Å². The number of carbonyl (C=O) groups is 4. The second-order valence-electron chi connectivity index (χ2n) is 11.1. The van der Waals surface area contributed by atoms with E-state index in [2.05, 4.69) is 5.32 Å². The lowest BCUT2D eigenvalue weighted by Crippen LogP contribution is -2.41. The van der Waals surface area contributed by atoms with Crippen molar-refractivity contribution in [2.24, 2.45) is 11.8 Å². The first-order chi connectivity index (χ1) is 21.5. The molecule has 45 heavy (non-hydrogen) atoms. The van der Waals surface area contributed by atoms with Crippen LogP contribution in [0.15, 0.2) is 91.0 Å². The lowest BCUT2D eigenvalue weighted by Gasteiger charge is -2.45. The van der Waals surface area contributed by atoms with Gasteiger partial charge in [0.2, 0.25) is 11.8 Å². The van der Waals surface area contributed by atoms with Gasteiger partial charge in [-0.3, -0.25) is 14.4 Å². The smallest absolute Gasteiger partial charge is 0.416 e. The highest BCUT2D eigenvalue weighted by atomic mass is 35.5. The summed E-state index contributed by atoms with van der Waals surface area (Å²) in [6, 6.07) is 24.0. The fourth-order valence-corrected chi connectivity index (χ4v) is 7.04. The first-order valence-corrected chi connectivity index (χ1v) is 14.4. The molecular formula is C34H22ClF3N2O5. The number of hydrogen-bond donors (Lipinski definition) is 1. The van der Waals surface area contributed by atoms with Gasteiger partial charge in [0.25, 0.3) is 5.91 Å². The minimum absolute atomic E-state index is 0.0417. The molecule has 8 rings (SSSR count). The number of halogens is 4. The van der Waals surface area contributed by atoms with Crippen LogP contribution in [0.25, 0.3) is 0 Å². The Balaban J connectivity index is 1.06. The normalized spacial score (nSPS) is 21.2. The molecule has 1 aliphatic heterocycles. The van der Waals surface area contributed by atoms with Gasteiger partial charge in [-0.15, -0.1) is 0 Å². The molecule has 0 unspecified atom stereocenters. The summed E-state index contributed by atoms with van der Waals surface area (Å²) in [5.74, 6) is -3.99. The molecule has 4 aliphatic rings. The lowest BCUT2D eigenvalue weighted by molar-refractivity contribution is -0.137. The molecule has 1 heterocycles. The molecule has 1 saturated heterocycles. The number of carbonyl (C=O) groups excluding carboxylic acids is 4. The summed E-state index contributed by atoms with van der Waals surface area (Å²) in [5, 5.41) is 2.09. The van der Waals surface area contributed by atoms with Crippen molar-refractivity contribution in [2.75, 3.05) is 16.8 Å². The molecule has 11 heteroatoms. The van der Waals surface area contributed by atoms with Crippen LogP contribution in [0.4, 0.5) is 24.5 Å². The SMILES string of the molecule is O=C(COC(=O)c1ccc(N2C(=O)[C@H]3C4c5ccccc5C(c5ccccc54)[C@@H]3C2=O)cc1)Nc1cc(C(F)(F)F)ccc1Cl. The molecule has 1 fully saturated rings. The monoisotopic (exact) mass is 630 g/mol. The molecule has 4 aromatic rings. The number of amides is 3. The third kappa shape index (κ3) is 4.67. The van der Waals surface area contributed by atoms with E-state index < -0.39 is 42.1 Å². The molecule has 3 amide bonds. The Labute approximate surface area is 259 Å². The molecule has 0 aromatic heterocycles. The minimum Gasteiger partial charge on any atom is -0.452 e. The van der Waals surface area contributed by atoms with Crippen LogP contribution in [-0.4, -0.2) is 30.3 Å². The van der Waals surface area contributed by atoms with E-state index in [0.717, 1.165) is 34.4 Å². The molecule has 1 N–H and O–H groups in total. The molecule has 0 radical (unpaired) electrons. The molecule has 0 saturated carbocycles. The Bertz CT molecular complexity index is 1790. The maximum absolute atomic E-state index is 13.9. The Kier molecular flexibility index (Phi) is 6.77. The summed E-state index contributed by atoms with van der Waals surface area (Å²) >= 11 is 5.90. The first kappa shape index (κ1) is 28.8. The number of nitrogens with zero attached hydrogens (tertiary/aromatic N) is 1. The lowest BCUT2D eigenvalue weighted by atomic mass is 9.55. The molecule has 2 atom stereocenters. The van der Waals surface area contributed by atoms with Crippen LogP contribution >= 0.6 is 11.6 Å². The Morgan fingerprint density at radius 3 is 1.78 bits per heavy atom. The zero-order valence-electron chi connectivity index (χ0n) is 23.2. The molecule has 0 spiro atoms. The van der Waals surface area contributed by atoms with Crippen molar-refractivity contribution in [3.8, 4) is 0 Å². The van der Waals surface area contributed by atoms with Crippen LogP contribution in [0.2, 0.25) is 5.02 Å². The average molecular weight is 631 g/mol. The van der Waals surface area contributed by atoms with E-state index in [4.69, 9.17) is 16.3 Å². The zero-order valence-corrected chi connectivity index (χ0v) is 23.9. The minimum atomic E-state index is -4.64. The first-order valence-electron chi connectivity index (χ1n) is 14.0. The number of rotatable bonds is 5. The van der Waals surface area contributed by atoms with Gasteiger partial charge in [0.15, 0.2) is 6.61 Å². The van der Waals surface area contributed by atoms with Crippen LogP contribution in [-0.2, 0) is 25.3 Å². The van der Waals surface area contributed by atoms with Gasteiger partial charge in [-0.2, -0.15) is 13.2 Å². The van der Waals surface area contributed by atoms with E-state index in [0.29, 0.717) is 11.8 Å². The average Bonchev–Trinajstić information content (AvgIpc) is 3.30. The highest BCUT2D eigenvalue weighted by Crippen LogP contribution is 2.61. The summed E-state index contributed by atoms with van der Waals surface area (Å²) in [5.41, 5.74) is 3.30. The van der Waals surface area contributed by atoms with Crippen molar-refractivity contribution < 1.29 is 37.1 Å². The van der Waals surface area contributed by atoms with Gasteiger partial charge in [0, 0.05) is 11.8 Å². The van der Waals surface area contributed by atoms with Crippen molar-refractivity contribution in [3.05, 3.63) is 129 Å². The number of anilines is 2. The van der Waals surface area contributed by atoms with Crippen LogP contribution in [0.3, 0.4) is 0 Å². The van der Waals surface area contributed by atoms with Gasteiger partial charge >= 0.3 is 12.1 Å². The van der Waals surface area contributed by atoms with E-state index in [1.165, 1.54) is 29.2 Å².